The van der Waals surface area contributed by atoms with Gasteiger partial charge < -0.3 is 10.1 Å². The Morgan fingerprint density at radius 3 is 2.65 bits per heavy atom. The molecule has 2 N–H and O–H groups in total. The summed E-state index contributed by atoms with van der Waals surface area (Å²) in [6, 6.07) is -0.539. The summed E-state index contributed by atoms with van der Waals surface area (Å²) in [5, 5.41) is 3.58. The van der Waals surface area contributed by atoms with Crippen LogP contribution in [0.3, 0.4) is 0 Å². The van der Waals surface area contributed by atoms with E-state index >= 15 is 0 Å². The van der Waals surface area contributed by atoms with Gasteiger partial charge in [0.05, 0.1) is 0 Å². The second kappa shape index (κ2) is 5.05. The van der Waals surface area contributed by atoms with Gasteiger partial charge >= 0.3 is 6.03 Å². The van der Waals surface area contributed by atoms with Crippen molar-refractivity contribution in [2.24, 2.45) is 0 Å². The van der Waals surface area contributed by atoms with Crippen LogP contribution in [-0.2, 0) is 14.3 Å². The zero-order valence-electron chi connectivity index (χ0n) is 11.3. The molecule has 1 aliphatic carbocycles. The van der Waals surface area contributed by atoms with Gasteiger partial charge in [-0.05, 0) is 25.7 Å². The predicted octanol–water partition coefficient (Wildman–Crippen LogP) is 0.451. The van der Waals surface area contributed by atoms with Gasteiger partial charge in [-0.2, -0.15) is 5.01 Å². The molecule has 2 saturated heterocycles. The SMILES string of the molecule is O=C(NN1C(=O)NC2(CCCCC2)C1=O)[C@H]1CCCO1. The van der Waals surface area contributed by atoms with Crippen LogP contribution in [0.5, 0.6) is 0 Å². The molecule has 7 nitrogen and oxygen atoms in total. The molecule has 20 heavy (non-hydrogen) atoms. The molecule has 1 spiro atoms. The summed E-state index contributed by atoms with van der Waals surface area (Å²) in [7, 11) is 0. The van der Waals surface area contributed by atoms with Gasteiger partial charge in [0, 0.05) is 6.61 Å². The van der Waals surface area contributed by atoms with Crippen molar-refractivity contribution in [3.8, 4) is 0 Å². The van der Waals surface area contributed by atoms with Crippen molar-refractivity contribution in [3.63, 3.8) is 0 Å². The van der Waals surface area contributed by atoms with Crippen LogP contribution in [0.1, 0.15) is 44.9 Å². The normalized spacial score (nSPS) is 28.8. The maximum Gasteiger partial charge on any atom is 0.344 e. The highest BCUT2D eigenvalue weighted by atomic mass is 16.5. The second-order valence-electron chi connectivity index (χ2n) is 5.69. The Morgan fingerprint density at radius 2 is 2.00 bits per heavy atom. The van der Waals surface area contributed by atoms with Gasteiger partial charge in [-0.25, -0.2) is 4.79 Å². The van der Waals surface area contributed by atoms with Crippen LogP contribution in [0.2, 0.25) is 0 Å². The van der Waals surface area contributed by atoms with Crippen molar-refractivity contribution in [2.45, 2.75) is 56.6 Å². The molecule has 3 fully saturated rings. The van der Waals surface area contributed by atoms with Gasteiger partial charge in [0.25, 0.3) is 11.8 Å². The first-order chi connectivity index (χ1) is 9.62. The van der Waals surface area contributed by atoms with Crippen molar-refractivity contribution in [1.29, 1.82) is 0 Å². The largest absolute Gasteiger partial charge is 0.368 e. The van der Waals surface area contributed by atoms with Crippen LogP contribution >= 0.6 is 0 Å². The lowest BCUT2D eigenvalue weighted by molar-refractivity contribution is -0.143. The maximum atomic E-state index is 12.4. The third-order valence-electron chi connectivity index (χ3n) is 4.31. The molecular weight excluding hydrogens is 262 g/mol. The summed E-state index contributed by atoms with van der Waals surface area (Å²) >= 11 is 0. The van der Waals surface area contributed by atoms with Crippen LogP contribution in [0.25, 0.3) is 0 Å². The number of carbonyl (C=O) groups is 3. The van der Waals surface area contributed by atoms with Gasteiger partial charge in [0.15, 0.2) is 0 Å². The van der Waals surface area contributed by atoms with E-state index in [0.717, 1.165) is 30.7 Å². The fourth-order valence-corrected chi connectivity index (χ4v) is 3.18. The first kappa shape index (κ1) is 13.4. The number of hydrogen-bond donors (Lipinski definition) is 2. The molecule has 2 heterocycles. The number of hydrazine groups is 1. The second-order valence-corrected chi connectivity index (χ2v) is 5.69. The molecule has 1 saturated carbocycles. The summed E-state index contributed by atoms with van der Waals surface area (Å²) in [6.45, 7) is 0.544. The zero-order valence-corrected chi connectivity index (χ0v) is 11.3. The van der Waals surface area contributed by atoms with Crippen LogP contribution < -0.4 is 10.7 Å². The topological polar surface area (TPSA) is 87.7 Å². The van der Waals surface area contributed by atoms with E-state index < -0.39 is 23.6 Å². The van der Waals surface area contributed by atoms with E-state index in [9.17, 15) is 14.4 Å². The lowest BCUT2D eigenvalue weighted by atomic mass is 9.82. The minimum absolute atomic E-state index is 0.339. The van der Waals surface area contributed by atoms with E-state index in [1.165, 1.54) is 0 Å². The summed E-state index contributed by atoms with van der Waals surface area (Å²) in [4.78, 5) is 36.3. The molecule has 0 aromatic rings. The minimum Gasteiger partial charge on any atom is -0.368 e. The fraction of sp³-hybridized carbons (Fsp3) is 0.769. The molecule has 2 aliphatic heterocycles. The molecule has 7 heteroatoms. The van der Waals surface area contributed by atoms with Gasteiger partial charge in [0.1, 0.15) is 11.6 Å². The van der Waals surface area contributed by atoms with E-state index in [1.807, 2.05) is 0 Å². The first-order valence-corrected chi connectivity index (χ1v) is 7.21. The Kier molecular flexibility index (Phi) is 3.37. The Balaban J connectivity index is 1.68. The van der Waals surface area contributed by atoms with Crippen LogP contribution in [0, 0.1) is 0 Å². The predicted molar refractivity (Wildman–Crippen MR) is 68.3 cm³/mol. The van der Waals surface area contributed by atoms with Crippen molar-refractivity contribution in [2.75, 3.05) is 6.61 Å². The molecule has 0 radical (unpaired) electrons. The molecule has 0 aromatic heterocycles. The third kappa shape index (κ3) is 2.15. The molecule has 0 bridgehead atoms. The van der Waals surface area contributed by atoms with Crippen LogP contribution in [0.15, 0.2) is 0 Å². The summed E-state index contributed by atoms with van der Waals surface area (Å²) in [5.74, 6) is -0.757. The number of urea groups is 1. The Hall–Kier alpha value is -1.63. The summed E-state index contributed by atoms with van der Waals surface area (Å²) in [5.41, 5.74) is 1.59. The van der Waals surface area contributed by atoms with Gasteiger partial charge in [-0.15, -0.1) is 0 Å². The smallest absolute Gasteiger partial charge is 0.344 e. The Morgan fingerprint density at radius 1 is 1.25 bits per heavy atom. The van der Waals surface area contributed by atoms with Crippen LogP contribution in [0.4, 0.5) is 4.79 Å². The van der Waals surface area contributed by atoms with Crippen LogP contribution in [-0.4, -0.2) is 41.1 Å². The number of carbonyl (C=O) groups excluding carboxylic acids is 3. The average molecular weight is 281 g/mol. The summed E-state index contributed by atoms with van der Waals surface area (Å²) < 4.78 is 5.25. The highest BCUT2D eigenvalue weighted by molar-refractivity contribution is 6.08. The van der Waals surface area contributed by atoms with Gasteiger partial charge in [-0.3, -0.25) is 15.0 Å². The molecule has 1 atom stereocenters. The zero-order chi connectivity index (χ0) is 14.2. The fourth-order valence-electron chi connectivity index (χ4n) is 3.18. The van der Waals surface area contributed by atoms with E-state index in [-0.39, 0.29) is 5.91 Å². The number of hydrogen-bond acceptors (Lipinski definition) is 4. The standard InChI is InChI=1S/C13H19N3O4/c17-10(9-5-4-8-20-9)15-16-11(18)13(14-12(16)19)6-2-1-3-7-13/h9H,1-8H2,(H,14,19)(H,15,17)/t9-/m1/s1. The van der Waals surface area contributed by atoms with Crippen molar-refractivity contribution in [1.82, 2.24) is 15.8 Å². The molecule has 3 rings (SSSR count). The van der Waals surface area contributed by atoms with E-state index in [2.05, 4.69) is 10.7 Å². The highest BCUT2D eigenvalue weighted by Gasteiger charge is 2.52. The minimum atomic E-state index is -0.806. The van der Waals surface area contributed by atoms with Crippen molar-refractivity contribution >= 4 is 17.8 Å². The number of imide groups is 1. The maximum absolute atomic E-state index is 12.4. The average Bonchev–Trinajstić information content (AvgIpc) is 3.04. The Bertz CT molecular complexity index is 439. The first-order valence-electron chi connectivity index (χ1n) is 7.21. The van der Waals surface area contributed by atoms with Crippen molar-refractivity contribution in [3.05, 3.63) is 0 Å². The molecule has 0 unspecified atom stereocenters. The number of nitrogens with zero attached hydrogens (tertiary/aromatic N) is 1. The quantitative estimate of drug-likeness (QED) is 0.719. The Labute approximate surface area is 117 Å². The molecular formula is C13H19N3O4. The molecule has 0 aromatic carbocycles. The molecule has 3 aliphatic rings. The molecule has 4 amide bonds. The number of nitrogens with one attached hydrogen (secondary N) is 2. The third-order valence-corrected chi connectivity index (χ3v) is 4.31. The highest BCUT2D eigenvalue weighted by Crippen LogP contribution is 2.33. The van der Waals surface area contributed by atoms with E-state index in [4.69, 9.17) is 4.74 Å². The van der Waals surface area contributed by atoms with E-state index in [0.29, 0.717) is 25.9 Å². The number of ether oxygens (including phenoxy) is 1. The van der Waals surface area contributed by atoms with Gasteiger partial charge in [-0.1, -0.05) is 19.3 Å². The lowest BCUT2D eigenvalue weighted by Gasteiger charge is -2.30. The monoisotopic (exact) mass is 281 g/mol. The lowest BCUT2D eigenvalue weighted by Crippen LogP contribution is -2.52. The number of rotatable bonds is 2. The van der Waals surface area contributed by atoms with Gasteiger partial charge in [0.2, 0.25) is 0 Å². The van der Waals surface area contributed by atoms with E-state index in [1.54, 1.807) is 0 Å². The number of amides is 4. The summed E-state index contributed by atoms with van der Waals surface area (Å²) in [6.07, 6.45) is 5.08. The van der Waals surface area contributed by atoms with Crippen molar-refractivity contribution < 1.29 is 19.1 Å². The molecule has 110 valence electrons.